The lowest BCUT2D eigenvalue weighted by atomic mass is 10.6. The van der Waals surface area contributed by atoms with Gasteiger partial charge in [0.1, 0.15) is 0 Å². The van der Waals surface area contributed by atoms with Gasteiger partial charge < -0.3 is 4.18 Å². The average molecular weight is 117 g/mol. The average Bonchev–Trinajstić information content (AvgIpc) is 1.69. The molecule has 0 aromatic rings. The van der Waals surface area contributed by atoms with E-state index in [1.54, 1.807) is 6.26 Å². The van der Waals surface area contributed by atoms with Crippen LogP contribution in [0.5, 0.6) is 0 Å². The Morgan fingerprint density at radius 3 is 3.00 bits per heavy atom. The number of nitriles is 1. The molecule has 0 aromatic carbocycles. The Hall–Kier alpha value is -0.360. The van der Waals surface area contributed by atoms with E-state index in [0.717, 1.165) is 12.2 Å². The minimum atomic E-state index is 0.896. The molecule has 0 unspecified atom stereocenters. The van der Waals surface area contributed by atoms with Crippen molar-refractivity contribution < 1.29 is 4.18 Å². The molecule has 0 N–H and O–H groups in total. The fourth-order valence-corrected chi connectivity index (χ4v) is 0.454. The quantitative estimate of drug-likeness (QED) is 0.319. The van der Waals surface area contributed by atoms with Crippen LogP contribution in [0.15, 0.2) is 0 Å². The first-order chi connectivity index (χ1) is 3.41. The van der Waals surface area contributed by atoms with Gasteiger partial charge in [0, 0.05) is 5.75 Å². The Kier molecular flexibility index (Phi) is 5.35. The smallest absolute Gasteiger partial charge is 0.299 e. The lowest BCUT2D eigenvalue weighted by molar-refractivity contribution is 0.594. The van der Waals surface area contributed by atoms with Crippen LogP contribution < -0.4 is 0 Å². The summed E-state index contributed by atoms with van der Waals surface area (Å²) < 4.78 is 4.30. The Labute approximate surface area is 47.7 Å². The second-order valence-corrected chi connectivity index (χ2v) is 1.81. The van der Waals surface area contributed by atoms with Crippen molar-refractivity contribution in [1.82, 2.24) is 0 Å². The van der Waals surface area contributed by atoms with Crippen LogP contribution in [-0.2, 0) is 4.18 Å². The molecule has 0 aliphatic rings. The lowest BCUT2D eigenvalue weighted by Gasteiger charge is -1.85. The summed E-state index contributed by atoms with van der Waals surface area (Å²) in [6.45, 7) is 2.04. The predicted molar refractivity (Wildman–Crippen MR) is 29.4 cm³/mol. The molecule has 0 aliphatic heterocycles. The van der Waals surface area contributed by atoms with E-state index in [2.05, 4.69) is 4.18 Å². The van der Waals surface area contributed by atoms with E-state index in [1.807, 2.05) is 6.92 Å². The van der Waals surface area contributed by atoms with E-state index in [1.165, 1.54) is 12.0 Å². The molecular weight excluding hydrogens is 110 g/mol. The minimum absolute atomic E-state index is 0.896. The molecule has 0 radical (unpaired) electrons. The van der Waals surface area contributed by atoms with Crippen molar-refractivity contribution in [3.05, 3.63) is 0 Å². The molecule has 0 fully saturated rings. The highest BCUT2D eigenvalue weighted by atomic mass is 32.2. The maximum atomic E-state index is 7.80. The molecule has 0 bridgehead atoms. The number of hydrogen-bond acceptors (Lipinski definition) is 3. The van der Waals surface area contributed by atoms with Gasteiger partial charge in [-0.05, 0) is 6.42 Å². The van der Waals surface area contributed by atoms with E-state index in [4.69, 9.17) is 5.26 Å². The van der Waals surface area contributed by atoms with E-state index in [0.29, 0.717) is 0 Å². The van der Waals surface area contributed by atoms with Gasteiger partial charge in [-0.15, -0.1) is 5.26 Å². The molecule has 0 amide bonds. The van der Waals surface area contributed by atoms with E-state index in [9.17, 15) is 0 Å². The van der Waals surface area contributed by atoms with Crippen LogP contribution in [0.25, 0.3) is 0 Å². The summed E-state index contributed by atoms with van der Waals surface area (Å²) in [5, 5.41) is 7.80. The van der Waals surface area contributed by atoms with Crippen molar-refractivity contribution in [2.75, 3.05) is 5.75 Å². The molecule has 7 heavy (non-hydrogen) atoms. The molecule has 0 saturated carbocycles. The zero-order valence-electron chi connectivity index (χ0n) is 4.18. The molecule has 3 heteroatoms. The predicted octanol–water partition coefficient (Wildman–Crippen LogP) is 1.54. The highest BCUT2D eigenvalue weighted by Gasteiger charge is 1.80. The number of rotatable bonds is 3. The number of hydrogen-bond donors (Lipinski definition) is 0. The summed E-state index contributed by atoms with van der Waals surface area (Å²) in [4.78, 5) is 0. The monoisotopic (exact) mass is 117 g/mol. The van der Waals surface area contributed by atoms with Crippen LogP contribution in [0.4, 0.5) is 0 Å². The molecule has 0 aliphatic carbocycles. The topological polar surface area (TPSA) is 33.0 Å². The van der Waals surface area contributed by atoms with Crippen molar-refractivity contribution in [2.45, 2.75) is 13.3 Å². The Bertz CT molecular complexity index is 68.6. The molecular formula is C4H7NOS. The maximum absolute atomic E-state index is 7.80. The molecule has 0 atom stereocenters. The van der Waals surface area contributed by atoms with Crippen molar-refractivity contribution in [2.24, 2.45) is 0 Å². The summed E-state index contributed by atoms with van der Waals surface area (Å²) >= 11 is 1.19. The Morgan fingerprint density at radius 2 is 2.57 bits per heavy atom. The van der Waals surface area contributed by atoms with E-state index < -0.39 is 0 Å². The van der Waals surface area contributed by atoms with Crippen molar-refractivity contribution in [3.8, 4) is 6.26 Å². The molecule has 2 nitrogen and oxygen atoms in total. The zero-order valence-corrected chi connectivity index (χ0v) is 4.99. The molecule has 0 saturated heterocycles. The molecule has 40 valence electrons. The fraction of sp³-hybridized carbons (Fsp3) is 0.750. The molecule has 0 spiro atoms. The Balaban J connectivity index is 2.60. The third-order valence-electron chi connectivity index (χ3n) is 0.384. The Morgan fingerprint density at radius 1 is 1.86 bits per heavy atom. The van der Waals surface area contributed by atoms with Gasteiger partial charge in [-0.1, -0.05) is 6.92 Å². The van der Waals surface area contributed by atoms with Gasteiger partial charge in [-0.2, -0.15) is 0 Å². The van der Waals surface area contributed by atoms with Crippen molar-refractivity contribution >= 4 is 12.0 Å². The minimum Gasteiger partial charge on any atom is -0.352 e. The van der Waals surface area contributed by atoms with Crippen molar-refractivity contribution in [1.29, 1.82) is 5.26 Å². The largest absolute Gasteiger partial charge is 0.352 e. The van der Waals surface area contributed by atoms with Gasteiger partial charge in [-0.3, -0.25) is 0 Å². The SMILES string of the molecule is CCCSOC#N. The van der Waals surface area contributed by atoms with Crippen LogP contribution >= 0.6 is 12.0 Å². The van der Waals surface area contributed by atoms with Gasteiger partial charge in [0.25, 0.3) is 6.26 Å². The number of nitrogens with zero attached hydrogens (tertiary/aromatic N) is 1. The van der Waals surface area contributed by atoms with E-state index in [-0.39, 0.29) is 0 Å². The maximum Gasteiger partial charge on any atom is 0.299 e. The zero-order chi connectivity index (χ0) is 5.54. The van der Waals surface area contributed by atoms with Gasteiger partial charge in [0.2, 0.25) is 0 Å². The highest BCUT2D eigenvalue weighted by Crippen LogP contribution is 2.00. The molecule has 0 heterocycles. The van der Waals surface area contributed by atoms with Gasteiger partial charge in [0.05, 0.1) is 12.0 Å². The second-order valence-electron chi connectivity index (χ2n) is 0.997. The van der Waals surface area contributed by atoms with Crippen LogP contribution in [0.1, 0.15) is 13.3 Å². The van der Waals surface area contributed by atoms with Gasteiger partial charge in [-0.25, -0.2) is 0 Å². The summed E-state index contributed by atoms with van der Waals surface area (Å²) in [5.74, 6) is 0.896. The third kappa shape index (κ3) is 5.64. The fourth-order valence-electron chi connectivity index (χ4n) is 0.151. The first-order valence-electron chi connectivity index (χ1n) is 2.09. The summed E-state index contributed by atoms with van der Waals surface area (Å²) in [6.07, 6.45) is 2.61. The van der Waals surface area contributed by atoms with Crippen molar-refractivity contribution in [3.63, 3.8) is 0 Å². The summed E-state index contributed by atoms with van der Waals surface area (Å²) in [7, 11) is 0. The molecule has 0 aromatic heterocycles. The van der Waals surface area contributed by atoms with Gasteiger partial charge >= 0.3 is 0 Å². The van der Waals surface area contributed by atoms with Gasteiger partial charge in [0.15, 0.2) is 0 Å². The lowest BCUT2D eigenvalue weighted by Crippen LogP contribution is -1.71. The van der Waals surface area contributed by atoms with Crippen LogP contribution in [0, 0.1) is 11.5 Å². The standard InChI is InChI=1S/C4H7NOS/c1-2-3-7-6-4-5/h2-3H2,1H3. The third-order valence-corrected chi connectivity index (χ3v) is 1.15. The second kappa shape index (κ2) is 5.64. The first kappa shape index (κ1) is 6.64. The van der Waals surface area contributed by atoms with E-state index >= 15 is 0 Å². The summed E-state index contributed by atoms with van der Waals surface area (Å²) in [6, 6.07) is 0. The first-order valence-corrected chi connectivity index (χ1v) is 3.00. The van der Waals surface area contributed by atoms with Crippen LogP contribution in [-0.4, -0.2) is 5.75 Å². The summed E-state index contributed by atoms with van der Waals surface area (Å²) in [5.41, 5.74) is 0. The van der Waals surface area contributed by atoms with Crippen LogP contribution in [0.2, 0.25) is 0 Å². The molecule has 0 rings (SSSR count). The highest BCUT2D eigenvalue weighted by molar-refractivity contribution is 7.94. The van der Waals surface area contributed by atoms with Crippen LogP contribution in [0.3, 0.4) is 0 Å². The normalized spacial score (nSPS) is 7.43.